The molecule has 1 aromatic rings. The molecule has 0 saturated heterocycles. The molecular weight excluding hydrogens is 192 g/mol. The quantitative estimate of drug-likeness (QED) is 0.825. The molecule has 0 radical (unpaired) electrons. The fourth-order valence-electron chi connectivity index (χ4n) is 1.72. The summed E-state index contributed by atoms with van der Waals surface area (Å²) in [7, 11) is 0. The largest absolute Gasteiger partial charge is 0.307 e. The molecule has 2 rings (SSSR count). The van der Waals surface area contributed by atoms with E-state index in [4.69, 9.17) is 5.26 Å². The van der Waals surface area contributed by atoms with Crippen molar-refractivity contribution in [3.63, 3.8) is 0 Å². The van der Waals surface area contributed by atoms with Gasteiger partial charge in [0.05, 0.1) is 5.56 Å². The minimum absolute atomic E-state index is 0.358. The van der Waals surface area contributed by atoms with Gasteiger partial charge in [0.1, 0.15) is 6.07 Å². The maximum Gasteiger partial charge on any atom is 0.100 e. The average molecular weight is 206 g/mol. The molecule has 1 saturated carbocycles. The second-order valence-corrected chi connectivity index (χ2v) is 5.18. The van der Waals surface area contributed by atoms with E-state index in [1.807, 2.05) is 11.4 Å². The molecule has 0 unspecified atom stereocenters. The van der Waals surface area contributed by atoms with Crippen LogP contribution in [-0.2, 0) is 6.54 Å². The van der Waals surface area contributed by atoms with Crippen molar-refractivity contribution < 1.29 is 0 Å². The highest BCUT2D eigenvalue weighted by Crippen LogP contribution is 2.31. The normalized spacial score (nSPS) is 18.6. The number of nitrogens with one attached hydrogen (secondary N) is 1. The Morgan fingerprint density at radius 3 is 2.93 bits per heavy atom. The Hall–Kier alpha value is -0.850. The fourth-order valence-corrected chi connectivity index (χ4v) is 2.47. The lowest BCUT2D eigenvalue weighted by Crippen LogP contribution is -2.47. The first-order valence-electron chi connectivity index (χ1n) is 4.94. The van der Waals surface area contributed by atoms with Gasteiger partial charge < -0.3 is 5.32 Å². The van der Waals surface area contributed by atoms with E-state index in [1.54, 1.807) is 11.3 Å². The van der Waals surface area contributed by atoms with Crippen LogP contribution in [0.25, 0.3) is 0 Å². The summed E-state index contributed by atoms with van der Waals surface area (Å²) in [6.45, 7) is 3.18. The van der Waals surface area contributed by atoms with Crippen LogP contribution >= 0.6 is 11.3 Å². The topological polar surface area (TPSA) is 35.8 Å². The van der Waals surface area contributed by atoms with E-state index in [-0.39, 0.29) is 0 Å². The molecule has 0 atom stereocenters. The summed E-state index contributed by atoms with van der Waals surface area (Å²) < 4.78 is 0. The highest BCUT2D eigenvalue weighted by atomic mass is 32.1. The van der Waals surface area contributed by atoms with E-state index in [0.29, 0.717) is 5.54 Å². The predicted molar refractivity (Wildman–Crippen MR) is 58.1 cm³/mol. The molecule has 0 spiro atoms. The van der Waals surface area contributed by atoms with E-state index in [2.05, 4.69) is 18.3 Å². The van der Waals surface area contributed by atoms with Crippen molar-refractivity contribution in [1.82, 2.24) is 5.32 Å². The Kier molecular flexibility index (Phi) is 2.58. The fraction of sp³-hybridized carbons (Fsp3) is 0.545. The van der Waals surface area contributed by atoms with Gasteiger partial charge in [0.15, 0.2) is 0 Å². The highest BCUT2D eigenvalue weighted by Gasteiger charge is 2.30. The first-order chi connectivity index (χ1) is 6.72. The second-order valence-electron chi connectivity index (χ2n) is 4.18. The highest BCUT2D eigenvalue weighted by molar-refractivity contribution is 7.10. The number of nitrogens with zero attached hydrogens (tertiary/aromatic N) is 1. The van der Waals surface area contributed by atoms with Gasteiger partial charge >= 0.3 is 0 Å². The maximum atomic E-state index is 8.67. The van der Waals surface area contributed by atoms with Gasteiger partial charge in [0, 0.05) is 22.3 Å². The molecule has 14 heavy (non-hydrogen) atoms. The monoisotopic (exact) mass is 206 g/mol. The molecule has 0 amide bonds. The first-order valence-corrected chi connectivity index (χ1v) is 5.82. The molecule has 1 heterocycles. The molecule has 3 heteroatoms. The zero-order valence-electron chi connectivity index (χ0n) is 8.34. The van der Waals surface area contributed by atoms with Crippen LogP contribution in [0.1, 0.15) is 36.6 Å². The van der Waals surface area contributed by atoms with E-state index in [0.717, 1.165) is 12.1 Å². The molecule has 0 aromatic carbocycles. The summed E-state index contributed by atoms with van der Waals surface area (Å²) in [6, 6.07) is 4.13. The standard InChI is InChI=1S/C11H14N2S/c1-11(3-2-4-11)13-7-10-5-9(6-12)8-14-10/h5,8,13H,2-4,7H2,1H3. The van der Waals surface area contributed by atoms with Gasteiger partial charge in [-0.2, -0.15) is 5.26 Å². The van der Waals surface area contributed by atoms with Crippen molar-refractivity contribution in [2.24, 2.45) is 0 Å². The molecule has 1 fully saturated rings. The van der Waals surface area contributed by atoms with Crippen LogP contribution < -0.4 is 5.32 Å². The molecule has 0 bridgehead atoms. The van der Waals surface area contributed by atoms with Gasteiger partial charge in [0.25, 0.3) is 0 Å². The van der Waals surface area contributed by atoms with Crippen molar-refractivity contribution in [3.05, 3.63) is 21.9 Å². The molecular formula is C11H14N2S. The summed E-state index contributed by atoms with van der Waals surface area (Å²) in [4.78, 5) is 1.26. The molecule has 1 N–H and O–H groups in total. The van der Waals surface area contributed by atoms with Gasteiger partial charge in [-0.05, 0) is 32.3 Å². The van der Waals surface area contributed by atoms with Gasteiger partial charge in [-0.15, -0.1) is 11.3 Å². The lowest BCUT2D eigenvalue weighted by Gasteiger charge is -2.39. The van der Waals surface area contributed by atoms with Crippen molar-refractivity contribution >= 4 is 11.3 Å². The third kappa shape index (κ3) is 1.97. The Morgan fingerprint density at radius 2 is 2.43 bits per heavy atom. The van der Waals surface area contributed by atoms with E-state index >= 15 is 0 Å². The summed E-state index contributed by atoms with van der Waals surface area (Å²) in [5.41, 5.74) is 1.14. The van der Waals surface area contributed by atoms with Crippen LogP contribution in [0.2, 0.25) is 0 Å². The Bertz CT molecular complexity index is 358. The van der Waals surface area contributed by atoms with Gasteiger partial charge in [0.2, 0.25) is 0 Å². The van der Waals surface area contributed by atoms with Crippen LogP contribution in [0.3, 0.4) is 0 Å². The average Bonchev–Trinajstić information content (AvgIpc) is 2.59. The summed E-state index contributed by atoms with van der Waals surface area (Å²) in [5.74, 6) is 0. The van der Waals surface area contributed by atoms with Crippen molar-refractivity contribution in [1.29, 1.82) is 5.26 Å². The van der Waals surface area contributed by atoms with Crippen LogP contribution in [0, 0.1) is 11.3 Å². The molecule has 1 aliphatic carbocycles. The Balaban J connectivity index is 1.89. The molecule has 2 nitrogen and oxygen atoms in total. The lowest BCUT2D eigenvalue weighted by atomic mass is 9.78. The van der Waals surface area contributed by atoms with Crippen LogP contribution in [-0.4, -0.2) is 5.54 Å². The Labute approximate surface area is 88.6 Å². The van der Waals surface area contributed by atoms with Crippen molar-refractivity contribution in [2.45, 2.75) is 38.3 Å². The van der Waals surface area contributed by atoms with E-state index in [9.17, 15) is 0 Å². The Morgan fingerprint density at radius 1 is 1.64 bits per heavy atom. The summed E-state index contributed by atoms with van der Waals surface area (Å²) in [6.07, 6.45) is 3.91. The molecule has 1 aromatic heterocycles. The molecule has 1 aliphatic rings. The van der Waals surface area contributed by atoms with Crippen LogP contribution in [0.5, 0.6) is 0 Å². The lowest BCUT2D eigenvalue weighted by molar-refractivity contribution is 0.207. The molecule has 0 aliphatic heterocycles. The van der Waals surface area contributed by atoms with E-state index in [1.165, 1.54) is 24.1 Å². The summed E-state index contributed by atoms with van der Waals surface area (Å²) >= 11 is 1.66. The predicted octanol–water partition coefficient (Wildman–Crippen LogP) is 2.65. The number of hydrogen-bond acceptors (Lipinski definition) is 3. The third-order valence-electron chi connectivity index (χ3n) is 2.93. The maximum absolute atomic E-state index is 8.67. The smallest absolute Gasteiger partial charge is 0.100 e. The van der Waals surface area contributed by atoms with Gasteiger partial charge in [-0.25, -0.2) is 0 Å². The second kappa shape index (κ2) is 3.72. The first kappa shape index (κ1) is 9.70. The van der Waals surface area contributed by atoms with Crippen LogP contribution in [0.4, 0.5) is 0 Å². The van der Waals surface area contributed by atoms with Crippen molar-refractivity contribution in [2.75, 3.05) is 0 Å². The van der Waals surface area contributed by atoms with Gasteiger partial charge in [-0.3, -0.25) is 0 Å². The third-order valence-corrected chi connectivity index (χ3v) is 3.87. The van der Waals surface area contributed by atoms with E-state index < -0.39 is 0 Å². The van der Waals surface area contributed by atoms with Crippen LogP contribution in [0.15, 0.2) is 11.4 Å². The zero-order valence-corrected chi connectivity index (χ0v) is 9.16. The number of hydrogen-bond donors (Lipinski definition) is 1. The van der Waals surface area contributed by atoms with Crippen molar-refractivity contribution in [3.8, 4) is 6.07 Å². The van der Waals surface area contributed by atoms with Gasteiger partial charge in [-0.1, -0.05) is 0 Å². The zero-order chi connectivity index (χ0) is 10.0. The summed E-state index contributed by atoms with van der Waals surface area (Å²) in [5, 5.41) is 14.1. The molecule has 74 valence electrons. The number of nitriles is 1. The number of thiophene rings is 1. The minimum atomic E-state index is 0.358. The number of rotatable bonds is 3. The SMILES string of the molecule is CC1(NCc2cc(C#N)cs2)CCC1. The minimum Gasteiger partial charge on any atom is -0.307 e.